The van der Waals surface area contributed by atoms with Gasteiger partial charge in [0.25, 0.3) is 5.91 Å². The molecule has 8 heteroatoms. The normalized spacial score (nSPS) is 11.0. The minimum atomic E-state index is -0.214. The summed E-state index contributed by atoms with van der Waals surface area (Å²) in [7, 11) is 1.64. The molecule has 2 heterocycles. The number of methoxy groups -OCH3 is 1. The zero-order valence-corrected chi connectivity index (χ0v) is 16.9. The van der Waals surface area contributed by atoms with Crippen molar-refractivity contribution in [3.8, 4) is 17.0 Å². The van der Waals surface area contributed by atoms with Crippen LogP contribution in [0.1, 0.15) is 22.8 Å². The van der Waals surface area contributed by atoms with E-state index in [2.05, 4.69) is 20.3 Å². The summed E-state index contributed by atoms with van der Waals surface area (Å²) in [5, 5.41) is 5.32. The molecule has 0 aliphatic carbocycles. The third kappa shape index (κ3) is 4.13. The average Bonchev–Trinajstić information content (AvgIpc) is 3.40. The lowest BCUT2D eigenvalue weighted by Crippen LogP contribution is -2.11. The molecule has 0 spiro atoms. The van der Waals surface area contributed by atoms with E-state index < -0.39 is 0 Å². The number of imidazole rings is 1. The molecule has 29 heavy (non-hydrogen) atoms. The second-order valence-electron chi connectivity index (χ2n) is 6.29. The number of H-pyrrole nitrogens is 1. The Labute approximate surface area is 171 Å². The lowest BCUT2D eigenvalue weighted by Gasteiger charge is -2.10. The summed E-state index contributed by atoms with van der Waals surface area (Å²) in [4.78, 5) is 24.3. The molecule has 148 valence electrons. The van der Waals surface area contributed by atoms with Crippen LogP contribution in [-0.2, 0) is 11.3 Å². The van der Waals surface area contributed by atoms with Crippen LogP contribution in [0.25, 0.3) is 22.3 Å². The minimum Gasteiger partial charge on any atom is -0.496 e. The van der Waals surface area contributed by atoms with Gasteiger partial charge in [0.1, 0.15) is 5.75 Å². The van der Waals surface area contributed by atoms with E-state index in [4.69, 9.17) is 9.47 Å². The van der Waals surface area contributed by atoms with Crippen molar-refractivity contribution in [1.82, 2.24) is 15.0 Å². The van der Waals surface area contributed by atoms with Crippen molar-refractivity contribution in [2.45, 2.75) is 13.5 Å². The number of hydrogen-bond donors (Lipinski definition) is 2. The lowest BCUT2D eigenvalue weighted by molar-refractivity contribution is 0.102. The number of anilines is 1. The number of benzene rings is 2. The van der Waals surface area contributed by atoms with Crippen molar-refractivity contribution >= 4 is 33.4 Å². The molecule has 0 bridgehead atoms. The Balaban J connectivity index is 1.52. The molecule has 0 aliphatic heterocycles. The van der Waals surface area contributed by atoms with E-state index in [1.807, 2.05) is 36.6 Å². The van der Waals surface area contributed by atoms with Crippen LogP contribution in [0.3, 0.4) is 0 Å². The van der Waals surface area contributed by atoms with E-state index >= 15 is 0 Å². The van der Waals surface area contributed by atoms with Crippen LogP contribution in [0.15, 0.2) is 48.1 Å². The maximum absolute atomic E-state index is 12.6. The number of amides is 1. The highest BCUT2D eigenvalue weighted by molar-refractivity contribution is 7.14. The van der Waals surface area contributed by atoms with Gasteiger partial charge in [0.05, 0.1) is 36.8 Å². The topological polar surface area (TPSA) is 89.1 Å². The first-order valence-corrected chi connectivity index (χ1v) is 10.0. The number of hydrogen-bond acceptors (Lipinski definition) is 6. The van der Waals surface area contributed by atoms with Crippen molar-refractivity contribution < 1.29 is 14.3 Å². The van der Waals surface area contributed by atoms with Gasteiger partial charge >= 0.3 is 0 Å². The highest BCUT2D eigenvalue weighted by Crippen LogP contribution is 2.30. The zero-order valence-electron chi connectivity index (χ0n) is 16.1. The third-order valence-electron chi connectivity index (χ3n) is 4.44. The van der Waals surface area contributed by atoms with Crippen LogP contribution in [-0.4, -0.2) is 34.6 Å². The largest absolute Gasteiger partial charge is 0.496 e. The van der Waals surface area contributed by atoms with Crippen LogP contribution >= 0.6 is 11.3 Å². The zero-order chi connectivity index (χ0) is 20.2. The fourth-order valence-corrected chi connectivity index (χ4v) is 3.69. The van der Waals surface area contributed by atoms with E-state index in [9.17, 15) is 4.79 Å². The SMILES string of the molecule is CCOCc1cc(-c2csc(NC(=O)c3ccc4nc[nH]c4c3)n2)ccc1OC. The Kier molecular flexibility index (Phi) is 5.55. The molecule has 1 amide bonds. The first-order valence-electron chi connectivity index (χ1n) is 9.13. The molecule has 2 aromatic carbocycles. The van der Waals surface area contributed by atoms with Gasteiger partial charge in [-0.3, -0.25) is 10.1 Å². The molecule has 7 nitrogen and oxygen atoms in total. The Morgan fingerprint density at radius 3 is 2.97 bits per heavy atom. The minimum absolute atomic E-state index is 0.214. The predicted molar refractivity (Wildman–Crippen MR) is 113 cm³/mol. The van der Waals surface area contributed by atoms with Crippen LogP contribution < -0.4 is 10.1 Å². The quantitative estimate of drug-likeness (QED) is 0.470. The van der Waals surface area contributed by atoms with Crippen LogP contribution in [0.4, 0.5) is 5.13 Å². The maximum atomic E-state index is 12.6. The van der Waals surface area contributed by atoms with Crippen LogP contribution in [0, 0.1) is 0 Å². The molecular weight excluding hydrogens is 388 g/mol. The molecule has 2 N–H and O–H groups in total. The first kappa shape index (κ1) is 19.1. The van der Waals surface area contributed by atoms with Gasteiger partial charge in [0.2, 0.25) is 0 Å². The Morgan fingerprint density at radius 1 is 1.24 bits per heavy atom. The van der Waals surface area contributed by atoms with Gasteiger partial charge in [-0.15, -0.1) is 11.3 Å². The smallest absolute Gasteiger partial charge is 0.257 e. The summed E-state index contributed by atoms with van der Waals surface area (Å²) in [5.41, 5.74) is 4.86. The second kappa shape index (κ2) is 8.42. The van der Waals surface area contributed by atoms with Gasteiger partial charge in [-0.25, -0.2) is 9.97 Å². The number of ether oxygens (including phenoxy) is 2. The molecule has 4 aromatic rings. The molecule has 0 aliphatic rings. The molecule has 0 atom stereocenters. The number of aromatic nitrogens is 3. The van der Waals surface area contributed by atoms with Crippen LogP contribution in [0.2, 0.25) is 0 Å². The summed E-state index contributed by atoms with van der Waals surface area (Å²) < 4.78 is 10.9. The van der Waals surface area contributed by atoms with E-state index in [0.29, 0.717) is 23.9 Å². The van der Waals surface area contributed by atoms with Gasteiger partial charge in [-0.05, 0) is 43.3 Å². The van der Waals surface area contributed by atoms with E-state index in [1.165, 1.54) is 11.3 Å². The molecule has 2 aromatic heterocycles. The molecule has 0 saturated carbocycles. The Bertz CT molecular complexity index is 1150. The monoisotopic (exact) mass is 408 g/mol. The maximum Gasteiger partial charge on any atom is 0.257 e. The lowest BCUT2D eigenvalue weighted by atomic mass is 10.1. The molecule has 0 radical (unpaired) electrons. The van der Waals surface area contributed by atoms with Gasteiger partial charge in [0, 0.05) is 28.7 Å². The van der Waals surface area contributed by atoms with Crippen molar-refractivity contribution in [2.75, 3.05) is 19.0 Å². The van der Waals surface area contributed by atoms with Gasteiger partial charge < -0.3 is 14.5 Å². The fourth-order valence-electron chi connectivity index (χ4n) is 2.97. The number of fused-ring (bicyclic) bond motifs is 1. The molecule has 0 saturated heterocycles. The highest BCUT2D eigenvalue weighted by atomic mass is 32.1. The Morgan fingerprint density at radius 2 is 2.14 bits per heavy atom. The standard InChI is InChI=1S/C21H20N4O3S/c1-3-28-10-15-8-13(5-7-19(15)27-2)18-11-29-21(24-18)25-20(26)14-4-6-16-17(9-14)23-12-22-16/h4-9,11-12H,3,10H2,1-2H3,(H,22,23)(H,24,25,26). The summed E-state index contributed by atoms with van der Waals surface area (Å²) in [6, 6.07) is 11.2. The summed E-state index contributed by atoms with van der Waals surface area (Å²) in [6.45, 7) is 3.05. The number of carbonyl (C=O) groups excluding carboxylic acids is 1. The second-order valence-corrected chi connectivity index (χ2v) is 7.15. The van der Waals surface area contributed by atoms with Crippen molar-refractivity contribution in [2.24, 2.45) is 0 Å². The summed E-state index contributed by atoms with van der Waals surface area (Å²) >= 11 is 1.38. The molecule has 0 unspecified atom stereocenters. The molecular formula is C21H20N4O3S. The number of nitrogens with zero attached hydrogens (tertiary/aromatic N) is 2. The van der Waals surface area contributed by atoms with Gasteiger partial charge in [0.15, 0.2) is 5.13 Å². The first-order chi connectivity index (χ1) is 14.2. The van der Waals surface area contributed by atoms with Crippen molar-refractivity contribution in [3.05, 3.63) is 59.2 Å². The number of rotatable bonds is 7. The highest BCUT2D eigenvalue weighted by Gasteiger charge is 2.13. The van der Waals surface area contributed by atoms with E-state index in [0.717, 1.165) is 33.6 Å². The Hall–Kier alpha value is -3.23. The summed E-state index contributed by atoms with van der Waals surface area (Å²) in [5.74, 6) is 0.564. The fraction of sp³-hybridized carbons (Fsp3) is 0.190. The number of nitrogens with one attached hydrogen (secondary N) is 2. The average molecular weight is 408 g/mol. The van der Waals surface area contributed by atoms with Crippen molar-refractivity contribution in [1.29, 1.82) is 0 Å². The number of aromatic amines is 1. The van der Waals surface area contributed by atoms with Crippen molar-refractivity contribution in [3.63, 3.8) is 0 Å². The predicted octanol–water partition coefficient (Wildman–Crippen LogP) is 4.48. The molecule has 4 rings (SSSR count). The van der Waals surface area contributed by atoms with E-state index in [1.54, 1.807) is 25.6 Å². The number of thiazole rings is 1. The van der Waals surface area contributed by atoms with E-state index in [-0.39, 0.29) is 5.91 Å². The third-order valence-corrected chi connectivity index (χ3v) is 5.20. The number of carbonyl (C=O) groups is 1. The van der Waals surface area contributed by atoms with Gasteiger partial charge in [-0.2, -0.15) is 0 Å². The van der Waals surface area contributed by atoms with Gasteiger partial charge in [-0.1, -0.05) is 0 Å². The molecule has 0 fully saturated rings. The summed E-state index contributed by atoms with van der Waals surface area (Å²) in [6.07, 6.45) is 1.61. The van der Waals surface area contributed by atoms with Crippen LogP contribution in [0.5, 0.6) is 5.75 Å².